The molecule has 3 heterocycles. The van der Waals surface area contributed by atoms with Crippen LogP contribution in [0.5, 0.6) is 11.5 Å². The number of nitrogens with zero attached hydrogens (tertiary/aromatic N) is 3. The topological polar surface area (TPSA) is 61.0 Å². The Balaban J connectivity index is 1.00. The minimum Gasteiger partial charge on any atom is -0.456 e. The largest absolute Gasteiger partial charge is 0.456 e. The molecular formula is C55H37N3O2. The lowest BCUT2D eigenvalue weighted by molar-refractivity contribution is 0.427. The highest BCUT2D eigenvalue weighted by molar-refractivity contribution is 6.05. The van der Waals surface area contributed by atoms with Crippen LogP contribution in [0, 0.1) is 0 Å². The van der Waals surface area contributed by atoms with E-state index in [1.165, 1.54) is 22.3 Å². The Morgan fingerprint density at radius 2 is 0.900 bits per heavy atom. The van der Waals surface area contributed by atoms with Crippen LogP contribution in [0.1, 0.15) is 47.2 Å². The van der Waals surface area contributed by atoms with Crippen molar-refractivity contribution >= 4 is 21.9 Å². The van der Waals surface area contributed by atoms with Gasteiger partial charge in [0.15, 0.2) is 17.5 Å². The molecule has 12 rings (SSSR count). The number of benzene rings is 8. The van der Waals surface area contributed by atoms with Gasteiger partial charge in [-0.15, -0.1) is 0 Å². The monoisotopic (exact) mass is 771 g/mol. The molecule has 0 fully saturated rings. The number of para-hydroxylation sites is 3. The van der Waals surface area contributed by atoms with E-state index < -0.39 is 5.41 Å². The molecule has 0 radical (unpaired) electrons. The van der Waals surface area contributed by atoms with Crippen molar-refractivity contribution in [3.63, 3.8) is 0 Å². The fourth-order valence-corrected chi connectivity index (χ4v) is 9.89. The van der Waals surface area contributed by atoms with E-state index in [0.29, 0.717) is 17.5 Å². The van der Waals surface area contributed by atoms with E-state index in [1.54, 1.807) is 0 Å². The van der Waals surface area contributed by atoms with Gasteiger partial charge in [-0.25, -0.2) is 15.0 Å². The fraction of sp³-hybridized carbons (Fsp3) is 0.0727. The van der Waals surface area contributed by atoms with E-state index in [-0.39, 0.29) is 5.41 Å². The van der Waals surface area contributed by atoms with E-state index in [2.05, 4.69) is 147 Å². The van der Waals surface area contributed by atoms with Gasteiger partial charge in [-0.3, -0.25) is 0 Å². The maximum absolute atomic E-state index is 7.03. The predicted molar refractivity (Wildman–Crippen MR) is 239 cm³/mol. The van der Waals surface area contributed by atoms with Gasteiger partial charge in [0.2, 0.25) is 0 Å². The quantitative estimate of drug-likeness (QED) is 0.178. The Morgan fingerprint density at radius 3 is 1.62 bits per heavy atom. The summed E-state index contributed by atoms with van der Waals surface area (Å²) in [6, 6.07) is 66.0. The molecule has 0 unspecified atom stereocenters. The number of aromatic nitrogens is 3. The number of hydrogen-bond donors (Lipinski definition) is 0. The second-order valence-corrected chi connectivity index (χ2v) is 16.3. The molecule has 0 saturated heterocycles. The Kier molecular flexibility index (Phi) is 7.42. The fourth-order valence-electron chi connectivity index (χ4n) is 9.89. The third-order valence-corrected chi connectivity index (χ3v) is 12.7. The second-order valence-electron chi connectivity index (χ2n) is 16.3. The zero-order chi connectivity index (χ0) is 40.0. The lowest BCUT2D eigenvalue weighted by Crippen LogP contribution is -2.43. The number of fused-ring (bicyclic) bond motifs is 11. The van der Waals surface area contributed by atoms with Crippen LogP contribution in [0.25, 0.3) is 67.2 Å². The van der Waals surface area contributed by atoms with Gasteiger partial charge >= 0.3 is 0 Å². The lowest BCUT2D eigenvalue weighted by Gasteiger charge is -2.50. The molecule has 10 aromatic rings. The number of furan rings is 1. The van der Waals surface area contributed by atoms with E-state index in [9.17, 15) is 0 Å². The van der Waals surface area contributed by atoms with Crippen molar-refractivity contribution in [2.75, 3.05) is 0 Å². The smallest absolute Gasteiger partial charge is 0.164 e. The van der Waals surface area contributed by atoms with Crippen LogP contribution in [-0.4, -0.2) is 15.0 Å². The minimum absolute atomic E-state index is 0.186. The van der Waals surface area contributed by atoms with Gasteiger partial charge in [0.05, 0.1) is 5.41 Å². The third-order valence-electron chi connectivity index (χ3n) is 12.7. The Labute approximate surface area is 347 Å². The maximum Gasteiger partial charge on any atom is 0.164 e. The van der Waals surface area contributed by atoms with Crippen LogP contribution in [-0.2, 0) is 10.8 Å². The molecule has 5 nitrogen and oxygen atoms in total. The van der Waals surface area contributed by atoms with Crippen LogP contribution < -0.4 is 4.74 Å². The number of rotatable bonds is 4. The van der Waals surface area contributed by atoms with Crippen LogP contribution >= 0.6 is 0 Å². The van der Waals surface area contributed by atoms with Crippen molar-refractivity contribution in [1.82, 2.24) is 15.0 Å². The zero-order valence-electron chi connectivity index (χ0n) is 33.1. The maximum atomic E-state index is 7.03. The molecule has 1 spiro atoms. The summed E-state index contributed by atoms with van der Waals surface area (Å²) in [7, 11) is 0. The summed E-state index contributed by atoms with van der Waals surface area (Å²) >= 11 is 0. The zero-order valence-corrected chi connectivity index (χ0v) is 33.1. The summed E-state index contributed by atoms with van der Waals surface area (Å²) < 4.78 is 13.3. The second kappa shape index (κ2) is 12.9. The summed E-state index contributed by atoms with van der Waals surface area (Å²) in [6.45, 7) is 4.69. The molecule has 0 amide bonds. The summed E-state index contributed by atoms with van der Waals surface area (Å²) in [4.78, 5) is 15.1. The Bertz CT molecular complexity index is 3280. The van der Waals surface area contributed by atoms with E-state index in [0.717, 1.165) is 72.4 Å². The average Bonchev–Trinajstić information content (AvgIpc) is 3.69. The van der Waals surface area contributed by atoms with Crippen molar-refractivity contribution in [3.05, 3.63) is 221 Å². The first-order valence-corrected chi connectivity index (χ1v) is 20.4. The predicted octanol–water partition coefficient (Wildman–Crippen LogP) is 13.6. The van der Waals surface area contributed by atoms with Gasteiger partial charge in [0, 0.05) is 49.6 Å². The van der Waals surface area contributed by atoms with Crippen LogP contribution in [0.4, 0.5) is 0 Å². The molecule has 0 bridgehead atoms. The normalized spacial score (nSPS) is 14.2. The van der Waals surface area contributed by atoms with Crippen LogP contribution in [0.3, 0.4) is 0 Å². The molecule has 0 saturated carbocycles. The van der Waals surface area contributed by atoms with Crippen molar-refractivity contribution < 1.29 is 9.15 Å². The molecule has 2 aromatic heterocycles. The molecule has 1 aliphatic heterocycles. The molecule has 8 aromatic carbocycles. The summed E-state index contributed by atoms with van der Waals surface area (Å²) in [5.74, 6) is 3.51. The van der Waals surface area contributed by atoms with Crippen LogP contribution in [0.15, 0.2) is 192 Å². The molecular weight excluding hydrogens is 735 g/mol. The highest BCUT2D eigenvalue weighted by Crippen LogP contribution is 2.62. The Hall–Kier alpha value is -7.63. The van der Waals surface area contributed by atoms with Crippen LogP contribution in [0.2, 0.25) is 0 Å². The molecule has 0 N–H and O–H groups in total. The molecule has 1 aliphatic carbocycles. The number of ether oxygens (including phenoxy) is 1. The van der Waals surface area contributed by atoms with E-state index in [4.69, 9.17) is 24.1 Å². The van der Waals surface area contributed by atoms with Gasteiger partial charge < -0.3 is 9.15 Å². The van der Waals surface area contributed by atoms with Crippen molar-refractivity contribution in [3.8, 4) is 56.8 Å². The van der Waals surface area contributed by atoms with E-state index >= 15 is 0 Å². The van der Waals surface area contributed by atoms with E-state index in [1.807, 2.05) is 54.6 Å². The van der Waals surface area contributed by atoms with Gasteiger partial charge in [0.25, 0.3) is 0 Å². The number of hydrogen-bond acceptors (Lipinski definition) is 5. The molecule has 0 atom stereocenters. The van der Waals surface area contributed by atoms with Gasteiger partial charge in [-0.2, -0.15) is 0 Å². The van der Waals surface area contributed by atoms with Crippen molar-refractivity contribution in [1.29, 1.82) is 0 Å². The summed E-state index contributed by atoms with van der Waals surface area (Å²) in [5, 5.41) is 2.15. The summed E-state index contributed by atoms with van der Waals surface area (Å²) in [5.41, 5.74) is 13.1. The van der Waals surface area contributed by atoms with Gasteiger partial charge in [0.1, 0.15) is 22.7 Å². The molecule has 284 valence electrons. The summed E-state index contributed by atoms with van der Waals surface area (Å²) in [6.07, 6.45) is 0. The van der Waals surface area contributed by atoms with Gasteiger partial charge in [-0.1, -0.05) is 178 Å². The minimum atomic E-state index is -0.580. The highest BCUT2D eigenvalue weighted by atomic mass is 16.5. The standard InChI is InChI=1S/C55H37N3O2/c1-54(2)41-19-7-9-21-43(41)55(44-22-10-8-20-42(44)54)45-23-11-13-26-48(45)60-50-38(18-14-24-46(50)55)34-27-29-36(30-28-34)52-56-51(35-15-4-3-5-16-35)57-53(58-52)37-31-32-40-39-17-6-12-25-47(39)59-49(40)33-37/h3-33H,1-2H3. The Morgan fingerprint density at radius 1 is 0.383 bits per heavy atom. The highest BCUT2D eigenvalue weighted by Gasteiger charge is 2.53. The third kappa shape index (κ3) is 4.96. The van der Waals surface area contributed by atoms with Gasteiger partial charge in [-0.05, 0) is 52.1 Å². The molecule has 2 aliphatic rings. The first-order valence-electron chi connectivity index (χ1n) is 20.4. The van der Waals surface area contributed by atoms with Crippen molar-refractivity contribution in [2.45, 2.75) is 24.7 Å². The average molecular weight is 772 g/mol. The first kappa shape index (κ1) is 34.4. The molecule has 5 heteroatoms. The van der Waals surface area contributed by atoms with Crippen molar-refractivity contribution in [2.24, 2.45) is 0 Å². The SMILES string of the molecule is CC1(C)c2ccccc2C2(c3ccccc3Oc3c(-c4ccc(-c5nc(-c6ccccc6)nc(-c6ccc7c(c6)oc6ccccc67)n5)cc4)cccc32)c2ccccc21. The first-order chi connectivity index (χ1) is 29.5. The lowest BCUT2D eigenvalue weighted by atomic mass is 9.53. The molecule has 60 heavy (non-hydrogen) atoms.